The lowest BCUT2D eigenvalue weighted by molar-refractivity contribution is -0.141. The molecule has 3 aromatic carbocycles. The Morgan fingerprint density at radius 1 is 0.846 bits per heavy atom. The molecule has 0 saturated carbocycles. The first kappa shape index (κ1) is 36.1. The normalized spacial score (nSPS) is 13.0. The first-order valence-electron chi connectivity index (χ1n) is 16.5. The van der Waals surface area contributed by atoms with Crippen molar-refractivity contribution in [3.8, 4) is 22.5 Å². The molecule has 13 heteroatoms. The van der Waals surface area contributed by atoms with Crippen LogP contribution in [0.25, 0.3) is 33.4 Å². The quantitative estimate of drug-likeness (QED) is 0.140. The van der Waals surface area contributed by atoms with Gasteiger partial charge in [0.05, 0.1) is 15.3 Å². The third kappa shape index (κ3) is 7.80. The molecule has 3 N–H and O–H groups in total. The van der Waals surface area contributed by atoms with Crippen molar-refractivity contribution in [2.45, 2.75) is 56.5 Å². The first-order valence-corrected chi connectivity index (χ1v) is 18.7. The fourth-order valence-electron chi connectivity index (χ4n) is 5.54. The van der Waals surface area contributed by atoms with Gasteiger partial charge in [-0.1, -0.05) is 69.3 Å². The minimum absolute atomic E-state index is 0.123. The van der Waals surface area contributed by atoms with Crippen molar-refractivity contribution in [2.24, 2.45) is 0 Å². The number of aliphatic carboxylic acids is 1. The Bertz CT molecular complexity index is 2360. The number of amides is 2. The van der Waals surface area contributed by atoms with Gasteiger partial charge in [-0.2, -0.15) is 0 Å². The minimum atomic E-state index is -3.75. The van der Waals surface area contributed by atoms with Crippen LogP contribution in [0.2, 0.25) is 0 Å². The van der Waals surface area contributed by atoms with Crippen LogP contribution in [-0.4, -0.2) is 57.3 Å². The SMILES string of the molecule is CC(NC(=O)C(Cc1ccc(-c2ncc(-c3ccc4c(ccn4S(=O)(=O)c4ccccc4)c3)cn2)cc1)NC(=O)c1ccc(C(C)(C)C)s1)C(=O)O. The highest BCUT2D eigenvalue weighted by Crippen LogP contribution is 2.30. The number of nitrogens with one attached hydrogen (secondary N) is 2. The molecule has 0 bridgehead atoms. The summed E-state index contributed by atoms with van der Waals surface area (Å²) in [7, 11) is -3.75. The van der Waals surface area contributed by atoms with Gasteiger partial charge in [-0.15, -0.1) is 11.3 Å². The third-order valence-corrected chi connectivity index (χ3v) is 11.7. The van der Waals surface area contributed by atoms with E-state index < -0.39 is 39.9 Å². The predicted molar refractivity (Wildman–Crippen MR) is 201 cm³/mol. The Labute approximate surface area is 305 Å². The molecule has 0 fully saturated rings. The first-order chi connectivity index (χ1) is 24.7. The molecule has 3 heterocycles. The van der Waals surface area contributed by atoms with Crippen molar-refractivity contribution in [3.63, 3.8) is 0 Å². The molecule has 52 heavy (non-hydrogen) atoms. The molecule has 2 amide bonds. The van der Waals surface area contributed by atoms with E-state index >= 15 is 0 Å². The molecule has 2 unspecified atom stereocenters. The van der Waals surface area contributed by atoms with Gasteiger partial charge in [0.25, 0.3) is 15.9 Å². The van der Waals surface area contributed by atoms with Crippen LogP contribution in [0.15, 0.2) is 114 Å². The summed E-state index contributed by atoms with van der Waals surface area (Å²) in [6.45, 7) is 7.52. The number of nitrogens with zero attached hydrogens (tertiary/aromatic N) is 3. The van der Waals surface area contributed by atoms with Crippen LogP contribution in [0.1, 0.15) is 47.8 Å². The molecule has 0 saturated heterocycles. The molecule has 6 aromatic rings. The summed E-state index contributed by atoms with van der Waals surface area (Å²) in [5.41, 5.74) is 3.46. The molecule has 0 aliphatic heterocycles. The van der Waals surface area contributed by atoms with Crippen molar-refractivity contribution >= 4 is 50.0 Å². The second-order valence-electron chi connectivity index (χ2n) is 13.4. The summed E-state index contributed by atoms with van der Waals surface area (Å²) in [4.78, 5) is 48.6. The number of carboxylic acid groups (broad SMARTS) is 1. The van der Waals surface area contributed by atoms with E-state index in [-0.39, 0.29) is 16.7 Å². The Morgan fingerprint density at radius 3 is 2.15 bits per heavy atom. The molecule has 0 radical (unpaired) electrons. The van der Waals surface area contributed by atoms with Crippen molar-refractivity contribution < 1.29 is 27.9 Å². The van der Waals surface area contributed by atoms with Crippen molar-refractivity contribution in [1.82, 2.24) is 24.6 Å². The van der Waals surface area contributed by atoms with E-state index in [1.54, 1.807) is 67.1 Å². The number of aromatic nitrogens is 3. The number of hydrogen-bond donors (Lipinski definition) is 3. The number of benzene rings is 3. The Hall–Kier alpha value is -5.66. The Morgan fingerprint density at radius 2 is 1.52 bits per heavy atom. The highest BCUT2D eigenvalue weighted by Gasteiger charge is 2.27. The van der Waals surface area contributed by atoms with Gasteiger partial charge in [0.1, 0.15) is 12.1 Å². The third-order valence-electron chi connectivity index (χ3n) is 8.51. The summed E-state index contributed by atoms with van der Waals surface area (Å²) in [5.74, 6) is -1.73. The molecule has 6 rings (SSSR count). The fraction of sp³-hybridized carbons (Fsp3) is 0.205. The maximum Gasteiger partial charge on any atom is 0.325 e. The smallest absolute Gasteiger partial charge is 0.325 e. The molecule has 0 aliphatic rings. The van der Waals surface area contributed by atoms with Gasteiger partial charge in [0.2, 0.25) is 5.91 Å². The van der Waals surface area contributed by atoms with Gasteiger partial charge in [-0.3, -0.25) is 14.4 Å². The van der Waals surface area contributed by atoms with Crippen LogP contribution < -0.4 is 10.6 Å². The van der Waals surface area contributed by atoms with E-state index in [2.05, 4.69) is 41.4 Å². The van der Waals surface area contributed by atoms with Gasteiger partial charge in [0.15, 0.2) is 5.82 Å². The van der Waals surface area contributed by atoms with E-state index in [0.717, 1.165) is 32.5 Å². The summed E-state index contributed by atoms with van der Waals surface area (Å²) in [6, 6.07) is 24.2. The summed E-state index contributed by atoms with van der Waals surface area (Å²) in [5, 5.41) is 15.4. The average Bonchev–Trinajstić information content (AvgIpc) is 3.81. The van der Waals surface area contributed by atoms with Gasteiger partial charge in [-0.05, 0) is 65.9 Å². The zero-order valence-electron chi connectivity index (χ0n) is 28.9. The maximum absolute atomic E-state index is 13.2. The molecule has 2 atom stereocenters. The molecular formula is C39H37N5O6S2. The standard InChI is InChI=1S/C39H37N5O6S2/c1-24(38(47)48)42-36(45)31(43-37(46)33-16-17-34(51-33)39(2,3)4)20-25-10-12-26(13-11-25)35-40-22-29(23-41-35)27-14-15-32-28(21-27)18-19-44(32)52(49,50)30-8-6-5-7-9-30/h5-19,21-24,31H,20H2,1-4H3,(H,42,45)(H,43,46)(H,47,48). The fourth-order valence-corrected chi connectivity index (χ4v) is 7.88. The van der Waals surface area contributed by atoms with Crippen LogP contribution >= 0.6 is 11.3 Å². The lowest BCUT2D eigenvalue weighted by Crippen LogP contribution is -2.51. The second kappa shape index (κ2) is 14.5. The van der Waals surface area contributed by atoms with Crippen LogP contribution in [0, 0.1) is 0 Å². The number of thiophene rings is 1. The number of hydrogen-bond acceptors (Lipinski definition) is 8. The molecule has 3 aromatic heterocycles. The van der Waals surface area contributed by atoms with Gasteiger partial charge in [0, 0.05) is 46.4 Å². The molecule has 0 aliphatic carbocycles. The Balaban J connectivity index is 1.17. The van der Waals surface area contributed by atoms with E-state index in [1.807, 2.05) is 42.5 Å². The van der Waals surface area contributed by atoms with Crippen LogP contribution in [0.4, 0.5) is 0 Å². The van der Waals surface area contributed by atoms with Crippen LogP contribution in [-0.2, 0) is 31.4 Å². The lowest BCUT2D eigenvalue weighted by Gasteiger charge is -2.20. The maximum atomic E-state index is 13.2. The van der Waals surface area contributed by atoms with E-state index in [4.69, 9.17) is 0 Å². The van der Waals surface area contributed by atoms with Gasteiger partial charge in [-0.25, -0.2) is 22.4 Å². The minimum Gasteiger partial charge on any atom is -0.480 e. The van der Waals surface area contributed by atoms with E-state index in [9.17, 15) is 27.9 Å². The number of carboxylic acids is 1. The highest BCUT2D eigenvalue weighted by atomic mass is 32.2. The number of carbonyl (C=O) groups is 3. The number of rotatable bonds is 11. The summed E-state index contributed by atoms with van der Waals surface area (Å²) >= 11 is 1.35. The number of carbonyl (C=O) groups excluding carboxylic acids is 2. The van der Waals surface area contributed by atoms with E-state index in [1.165, 1.54) is 22.2 Å². The monoisotopic (exact) mass is 735 g/mol. The van der Waals surface area contributed by atoms with Gasteiger partial charge < -0.3 is 15.7 Å². The van der Waals surface area contributed by atoms with Crippen molar-refractivity contribution in [1.29, 1.82) is 0 Å². The molecular weight excluding hydrogens is 699 g/mol. The topological polar surface area (TPSA) is 160 Å². The van der Waals surface area contributed by atoms with Crippen LogP contribution in [0.5, 0.6) is 0 Å². The zero-order valence-corrected chi connectivity index (χ0v) is 30.5. The van der Waals surface area contributed by atoms with Gasteiger partial charge >= 0.3 is 5.97 Å². The van der Waals surface area contributed by atoms with E-state index in [0.29, 0.717) is 16.2 Å². The molecule has 266 valence electrons. The average molecular weight is 736 g/mol. The Kier molecular flexibility index (Phi) is 10.1. The summed E-state index contributed by atoms with van der Waals surface area (Å²) in [6.07, 6.45) is 5.07. The molecule has 0 spiro atoms. The highest BCUT2D eigenvalue weighted by molar-refractivity contribution is 7.90. The number of fused-ring (bicyclic) bond motifs is 1. The summed E-state index contributed by atoms with van der Waals surface area (Å²) < 4.78 is 27.7. The predicted octanol–water partition coefficient (Wildman–Crippen LogP) is 6.29. The molecule has 11 nitrogen and oxygen atoms in total. The van der Waals surface area contributed by atoms with Crippen LogP contribution in [0.3, 0.4) is 0 Å². The lowest BCUT2D eigenvalue weighted by atomic mass is 9.95. The zero-order chi connectivity index (χ0) is 37.2. The largest absolute Gasteiger partial charge is 0.480 e. The van der Waals surface area contributed by atoms with Crippen molar-refractivity contribution in [3.05, 3.63) is 125 Å². The second-order valence-corrected chi connectivity index (χ2v) is 16.3. The van der Waals surface area contributed by atoms with Crippen molar-refractivity contribution in [2.75, 3.05) is 0 Å².